The number of Topliss-reactive ketones (excluding diaryl/α,β-unsaturated/α-hetero) is 1. The smallest absolute Gasteiger partial charge is 0.170 e. The van der Waals surface area contributed by atoms with Gasteiger partial charge in [-0.3, -0.25) is 9.36 Å². The number of carbonyl (C=O) groups is 1. The topological polar surface area (TPSA) is 86.0 Å². The Morgan fingerprint density at radius 3 is 2.96 bits per heavy atom. The number of carbonyl (C=O) groups excluding carboxylic acids is 1. The molecule has 1 aromatic carbocycles. The summed E-state index contributed by atoms with van der Waals surface area (Å²) in [6.45, 7) is 3.98. The van der Waals surface area contributed by atoms with E-state index < -0.39 is 5.54 Å². The van der Waals surface area contributed by atoms with Crippen molar-refractivity contribution in [3.05, 3.63) is 60.1 Å². The second-order valence-electron chi connectivity index (χ2n) is 7.07. The van der Waals surface area contributed by atoms with E-state index in [1.165, 1.54) is 0 Å². The van der Waals surface area contributed by atoms with Gasteiger partial charge in [0.2, 0.25) is 0 Å². The normalized spacial score (nSPS) is 20.2. The fourth-order valence-electron chi connectivity index (χ4n) is 4.09. The summed E-state index contributed by atoms with van der Waals surface area (Å²) in [6.07, 6.45) is 4.43. The Kier molecular flexibility index (Phi) is 3.94. The number of morpholine rings is 1. The van der Waals surface area contributed by atoms with Crippen molar-refractivity contribution < 1.29 is 9.53 Å². The van der Waals surface area contributed by atoms with Gasteiger partial charge in [-0.2, -0.15) is 0 Å². The highest BCUT2D eigenvalue weighted by Crippen LogP contribution is 2.43. The van der Waals surface area contributed by atoms with E-state index in [1.807, 2.05) is 34.9 Å². The lowest BCUT2D eigenvalue weighted by Crippen LogP contribution is -2.58. The van der Waals surface area contributed by atoms with E-state index in [0.717, 1.165) is 23.8 Å². The average molecular weight is 376 g/mol. The molecule has 28 heavy (non-hydrogen) atoms. The van der Waals surface area contributed by atoms with Gasteiger partial charge in [0, 0.05) is 12.1 Å². The summed E-state index contributed by atoms with van der Waals surface area (Å²) in [5.41, 5.74) is 1.10. The lowest BCUT2D eigenvalue weighted by atomic mass is 9.90. The van der Waals surface area contributed by atoms with Crippen molar-refractivity contribution in [1.82, 2.24) is 24.7 Å². The Hall–Kier alpha value is -3.13. The van der Waals surface area contributed by atoms with E-state index in [4.69, 9.17) is 9.72 Å². The molecule has 1 fully saturated rings. The lowest BCUT2D eigenvalue weighted by molar-refractivity contribution is 0.0390. The van der Waals surface area contributed by atoms with Crippen molar-refractivity contribution >= 4 is 11.6 Å². The van der Waals surface area contributed by atoms with E-state index in [-0.39, 0.29) is 12.2 Å². The molecular formula is C20H20N6O2. The molecule has 2 aliphatic rings. The molecule has 5 rings (SSSR count). The van der Waals surface area contributed by atoms with Crippen molar-refractivity contribution in [3.63, 3.8) is 0 Å². The molecule has 8 heteroatoms. The predicted octanol–water partition coefficient (Wildman–Crippen LogP) is 1.94. The molecule has 0 radical (unpaired) electrons. The number of hydrogen-bond acceptors (Lipinski definition) is 7. The van der Waals surface area contributed by atoms with Crippen LogP contribution in [0.1, 0.15) is 35.4 Å². The SMILES string of the molecule is CCC12COCCN1c1nc(CC(=O)c3ccccc3)ncc1-n1cnnc12. The van der Waals surface area contributed by atoms with Crippen LogP contribution in [0.15, 0.2) is 42.9 Å². The number of rotatable bonds is 4. The monoisotopic (exact) mass is 376 g/mol. The number of benzene rings is 1. The highest BCUT2D eigenvalue weighted by molar-refractivity contribution is 5.97. The summed E-state index contributed by atoms with van der Waals surface area (Å²) in [5.74, 6) is 2.17. The maximum Gasteiger partial charge on any atom is 0.170 e. The molecule has 0 aliphatic carbocycles. The van der Waals surface area contributed by atoms with Crippen LogP contribution in [0.5, 0.6) is 0 Å². The Morgan fingerprint density at radius 1 is 1.29 bits per heavy atom. The van der Waals surface area contributed by atoms with Crippen molar-refractivity contribution in [2.24, 2.45) is 0 Å². The van der Waals surface area contributed by atoms with Crippen LogP contribution >= 0.6 is 0 Å². The minimum absolute atomic E-state index is 0.00470. The van der Waals surface area contributed by atoms with Gasteiger partial charge in [-0.05, 0) is 6.42 Å². The van der Waals surface area contributed by atoms with Crippen LogP contribution in [0.2, 0.25) is 0 Å². The Morgan fingerprint density at radius 2 is 2.14 bits per heavy atom. The van der Waals surface area contributed by atoms with E-state index >= 15 is 0 Å². The third-order valence-corrected chi connectivity index (χ3v) is 5.60. The third kappa shape index (κ3) is 2.45. The molecule has 1 saturated heterocycles. The average Bonchev–Trinajstić information content (AvgIpc) is 3.25. The third-order valence-electron chi connectivity index (χ3n) is 5.60. The second kappa shape index (κ2) is 6.49. The van der Waals surface area contributed by atoms with Gasteiger partial charge in [0.05, 0.1) is 25.8 Å². The van der Waals surface area contributed by atoms with Crippen LogP contribution in [0.25, 0.3) is 5.69 Å². The first-order valence-corrected chi connectivity index (χ1v) is 9.43. The maximum atomic E-state index is 12.6. The zero-order valence-electron chi connectivity index (χ0n) is 15.6. The Balaban J connectivity index is 1.57. The van der Waals surface area contributed by atoms with Gasteiger partial charge in [0.15, 0.2) is 17.4 Å². The number of ether oxygens (including phenoxy) is 1. The summed E-state index contributed by atoms with van der Waals surface area (Å²) in [4.78, 5) is 24.1. The van der Waals surface area contributed by atoms with Crippen LogP contribution in [-0.2, 0) is 16.7 Å². The summed E-state index contributed by atoms with van der Waals surface area (Å²) < 4.78 is 7.74. The van der Waals surface area contributed by atoms with Crippen molar-refractivity contribution in [3.8, 4) is 5.69 Å². The quantitative estimate of drug-likeness (QED) is 0.643. The second-order valence-corrected chi connectivity index (χ2v) is 7.07. The molecule has 0 saturated carbocycles. The number of fused-ring (bicyclic) bond motifs is 6. The van der Waals surface area contributed by atoms with Gasteiger partial charge in [0.1, 0.15) is 23.4 Å². The number of ketones is 1. The number of anilines is 1. The first kappa shape index (κ1) is 17.0. The molecule has 3 aromatic rings. The van der Waals surface area contributed by atoms with Crippen LogP contribution < -0.4 is 4.90 Å². The summed E-state index contributed by atoms with van der Waals surface area (Å²) in [6, 6.07) is 9.24. The molecule has 1 unspecified atom stereocenters. The fourth-order valence-corrected chi connectivity index (χ4v) is 4.09. The number of hydrogen-bond donors (Lipinski definition) is 0. The number of aromatic nitrogens is 5. The predicted molar refractivity (Wildman–Crippen MR) is 102 cm³/mol. The van der Waals surface area contributed by atoms with Crippen LogP contribution in [0, 0.1) is 0 Å². The van der Waals surface area contributed by atoms with Crippen LogP contribution in [0.3, 0.4) is 0 Å². The summed E-state index contributed by atoms with van der Waals surface area (Å²) in [7, 11) is 0. The molecule has 0 spiro atoms. The Bertz CT molecular complexity index is 1030. The lowest BCUT2D eigenvalue weighted by Gasteiger charge is -2.49. The highest BCUT2D eigenvalue weighted by Gasteiger charge is 2.48. The molecule has 0 N–H and O–H groups in total. The molecule has 0 bridgehead atoms. The van der Waals surface area contributed by atoms with Crippen LogP contribution in [-0.4, -0.2) is 50.3 Å². The molecule has 8 nitrogen and oxygen atoms in total. The molecule has 2 aromatic heterocycles. The van der Waals surface area contributed by atoms with Gasteiger partial charge in [0.25, 0.3) is 0 Å². The molecule has 4 heterocycles. The van der Waals surface area contributed by atoms with Crippen molar-refractivity contribution in [2.45, 2.75) is 25.3 Å². The molecule has 0 amide bonds. The summed E-state index contributed by atoms with van der Waals surface area (Å²) >= 11 is 0. The first-order valence-electron chi connectivity index (χ1n) is 9.43. The van der Waals surface area contributed by atoms with E-state index in [0.29, 0.717) is 31.1 Å². The molecule has 142 valence electrons. The number of nitrogens with zero attached hydrogens (tertiary/aromatic N) is 6. The molecule has 1 atom stereocenters. The van der Waals surface area contributed by atoms with Gasteiger partial charge in [-0.25, -0.2) is 9.97 Å². The van der Waals surface area contributed by atoms with Crippen molar-refractivity contribution in [2.75, 3.05) is 24.7 Å². The minimum Gasteiger partial charge on any atom is -0.377 e. The minimum atomic E-state index is -0.406. The zero-order valence-corrected chi connectivity index (χ0v) is 15.6. The molecule has 2 aliphatic heterocycles. The van der Waals surface area contributed by atoms with Crippen molar-refractivity contribution in [1.29, 1.82) is 0 Å². The van der Waals surface area contributed by atoms with Gasteiger partial charge < -0.3 is 9.64 Å². The van der Waals surface area contributed by atoms with Gasteiger partial charge in [-0.1, -0.05) is 37.3 Å². The van der Waals surface area contributed by atoms with Crippen LogP contribution in [0.4, 0.5) is 5.82 Å². The van der Waals surface area contributed by atoms with Gasteiger partial charge >= 0.3 is 0 Å². The largest absolute Gasteiger partial charge is 0.377 e. The summed E-state index contributed by atoms with van der Waals surface area (Å²) in [5, 5.41) is 8.49. The maximum absolute atomic E-state index is 12.6. The van der Waals surface area contributed by atoms with E-state index in [1.54, 1.807) is 12.5 Å². The zero-order chi connectivity index (χ0) is 19.1. The first-order chi connectivity index (χ1) is 13.7. The molecular weight excluding hydrogens is 356 g/mol. The van der Waals surface area contributed by atoms with Gasteiger partial charge in [-0.15, -0.1) is 10.2 Å². The standard InChI is InChI=1S/C20H20N6O2/c1-2-20-12-28-9-8-26(20)18-15(25-13-22-24-19(20)25)11-21-17(23-18)10-16(27)14-6-4-3-5-7-14/h3-7,11,13H,2,8-10,12H2,1H3. The Labute approximate surface area is 162 Å². The van der Waals surface area contributed by atoms with E-state index in [2.05, 4.69) is 27.0 Å². The fraction of sp³-hybridized carbons (Fsp3) is 0.350. The van der Waals surface area contributed by atoms with E-state index in [9.17, 15) is 4.79 Å². The highest BCUT2D eigenvalue weighted by atomic mass is 16.5.